The molecule has 0 spiro atoms. The monoisotopic (exact) mass is 292 g/mol. The standard InChI is InChI=1S/C11H20N2O3S2/c1-8-6-11(7-8,9(12)17)10(14)13-4-3-5-18(2,15)16/h8H,3-7H2,1-2H3,(H2,12,17)(H,13,14). The normalized spacial score (nSPS) is 27.3. The molecule has 0 radical (unpaired) electrons. The van der Waals surface area contributed by atoms with Gasteiger partial charge in [-0.2, -0.15) is 0 Å². The van der Waals surface area contributed by atoms with Crippen molar-refractivity contribution >= 4 is 33.0 Å². The zero-order chi connectivity index (χ0) is 14.0. The Morgan fingerprint density at radius 3 is 2.44 bits per heavy atom. The van der Waals surface area contributed by atoms with Gasteiger partial charge in [0.2, 0.25) is 5.91 Å². The van der Waals surface area contributed by atoms with E-state index in [2.05, 4.69) is 5.32 Å². The van der Waals surface area contributed by atoms with Crippen LogP contribution >= 0.6 is 12.2 Å². The number of thiocarbonyl (C=S) groups is 1. The van der Waals surface area contributed by atoms with Crippen molar-refractivity contribution in [3.8, 4) is 0 Å². The van der Waals surface area contributed by atoms with Gasteiger partial charge < -0.3 is 11.1 Å². The van der Waals surface area contributed by atoms with Crippen LogP contribution in [0.1, 0.15) is 26.2 Å². The summed E-state index contributed by atoms with van der Waals surface area (Å²) in [7, 11) is -2.98. The fraction of sp³-hybridized carbons (Fsp3) is 0.818. The van der Waals surface area contributed by atoms with Crippen LogP contribution in [0.5, 0.6) is 0 Å². The topological polar surface area (TPSA) is 89.3 Å². The van der Waals surface area contributed by atoms with Gasteiger partial charge >= 0.3 is 0 Å². The predicted octanol–water partition coefficient (Wildman–Crippen LogP) is 0.240. The Bertz CT molecular complexity index is 439. The number of nitrogens with two attached hydrogens (primary N) is 1. The second kappa shape index (κ2) is 5.52. The van der Waals surface area contributed by atoms with Gasteiger partial charge in [-0.3, -0.25) is 4.79 Å². The van der Waals surface area contributed by atoms with E-state index < -0.39 is 15.3 Å². The Hall–Kier alpha value is -0.690. The number of sulfone groups is 1. The van der Waals surface area contributed by atoms with Gasteiger partial charge in [0.25, 0.3) is 0 Å². The summed E-state index contributed by atoms with van der Waals surface area (Å²) >= 11 is 4.97. The van der Waals surface area contributed by atoms with Crippen LogP contribution < -0.4 is 11.1 Å². The molecule has 3 N–H and O–H groups in total. The highest BCUT2D eigenvalue weighted by Gasteiger charge is 2.50. The Morgan fingerprint density at radius 2 is 2.06 bits per heavy atom. The molecule has 0 aromatic heterocycles. The van der Waals surface area contributed by atoms with Gasteiger partial charge in [0, 0.05) is 12.8 Å². The summed E-state index contributed by atoms with van der Waals surface area (Å²) in [4.78, 5) is 12.3. The second-order valence-corrected chi connectivity index (χ2v) is 7.90. The van der Waals surface area contributed by atoms with Crippen LogP contribution in [0.25, 0.3) is 0 Å². The third kappa shape index (κ3) is 3.65. The van der Waals surface area contributed by atoms with Gasteiger partial charge in [0.15, 0.2) is 0 Å². The average Bonchev–Trinajstić information content (AvgIpc) is 2.17. The summed E-state index contributed by atoms with van der Waals surface area (Å²) < 4.78 is 21.9. The number of amides is 1. The van der Waals surface area contributed by atoms with Crippen molar-refractivity contribution in [1.82, 2.24) is 5.32 Å². The molecular formula is C11H20N2O3S2. The molecular weight excluding hydrogens is 272 g/mol. The first kappa shape index (κ1) is 15.4. The number of hydrogen-bond donors (Lipinski definition) is 2. The summed E-state index contributed by atoms with van der Waals surface area (Å²) in [6.45, 7) is 2.39. The maximum atomic E-state index is 12.0. The van der Waals surface area contributed by atoms with E-state index in [4.69, 9.17) is 18.0 Å². The summed E-state index contributed by atoms with van der Waals surface area (Å²) in [5, 5.41) is 2.73. The van der Waals surface area contributed by atoms with Crippen LogP contribution in [-0.4, -0.2) is 37.9 Å². The molecule has 7 heteroatoms. The van der Waals surface area contributed by atoms with E-state index in [0.29, 0.717) is 31.7 Å². The fourth-order valence-corrected chi connectivity index (χ4v) is 3.26. The average molecular weight is 292 g/mol. The van der Waals surface area contributed by atoms with Crippen LogP contribution in [0.15, 0.2) is 0 Å². The van der Waals surface area contributed by atoms with Crippen LogP contribution in [0.2, 0.25) is 0 Å². The minimum atomic E-state index is -2.98. The Balaban J connectivity index is 2.43. The lowest BCUT2D eigenvalue weighted by Crippen LogP contribution is -2.56. The molecule has 18 heavy (non-hydrogen) atoms. The first-order valence-electron chi connectivity index (χ1n) is 5.93. The van der Waals surface area contributed by atoms with E-state index in [-0.39, 0.29) is 16.6 Å². The highest BCUT2D eigenvalue weighted by atomic mass is 32.2. The van der Waals surface area contributed by atoms with Crippen molar-refractivity contribution in [2.45, 2.75) is 26.2 Å². The van der Waals surface area contributed by atoms with Crippen LogP contribution in [0, 0.1) is 11.3 Å². The van der Waals surface area contributed by atoms with Crippen molar-refractivity contribution in [3.63, 3.8) is 0 Å². The molecule has 1 aliphatic carbocycles. The predicted molar refractivity (Wildman–Crippen MR) is 75.0 cm³/mol. The van der Waals surface area contributed by atoms with E-state index in [1.807, 2.05) is 6.92 Å². The maximum Gasteiger partial charge on any atom is 0.233 e. The summed E-state index contributed by atoms with van der Waals surface area (Å²) in [6.07, 6.45) is 2.95. The highest BCUT2D eigenvalue weighted by Crippen LogP contribution is 2.45. The molecule has 0 aromatic carbocycles. The maximum absolute atomic E-state index is 12.0. The quantitative estimate of drug-likeness (QED) is 0.541. The molecule has 0 heterocycles. The fourth-order valence-electron chi connectivity index (χ4n) is 2.33. The van der Waals surface area contributed by atoms with E-state index in [1.165, 1.54) is 6.26 Å². The van der Waals surface area contributed by atoms with E-state index >= 15 is 0 Å². The SMILES string of the molecule is CC1CC(C(=O)NCCCS(C)(=O)=O)(C(N)=S)C1. The smallest absolute Gasteiger partial charge is 0.233 e. The van der Waals surface area contributed by atoms with Gasteiger partial charge in [-0.1, -0.05) is 19.1 Å². The molecule has 1 aliphatic rings. The molecule has 1 rings (SSSR count). The lowest BCUT2D eigenvalue weighted by atomic mass is 9.62. The molecule has 5 nitrogen and oxygen atoms in total. The lowest BCUT2D eigenvalue weighted by molar-refractivity contribution is -0.132. The number of rotatable bonds is 6. The molecule has 0 unspecified atom stereocenters. The number of hydrogen-bond acceptors (Lipinski definition) is 4. The summed E-state index contributed by atoms with van der Waals surface area (Å²) in [6, 6.07) is 0. The molecule has 104 valence electrons. The van der Waals surface area contributed by atoms with Gasteiger partial charge in [-0.05, 0) is 25.2 Å². The van der Waals surface area contributed by atoms with E-state index in [1.54, 1.807) is 0 Å². The minimum absolute atomic E-state index is 0.0732. The number of nitrogens with one attached hydrogen (secondary N) is 1. The summed E-state index contributed by atoms with van der Waals surface area (Å²) in [5.41, 5.74) is 4.94. The van der Waals surface area contributed by atoms with E-state index in [0.717, 1.165) is 0 Å². The second-order valence-electron chi connectivity index (χ2n) is 5.20. The zero-order valence-corrected chi connectivity index (χ0v) is 12.4. The van der Waals surface area contributed by atoms with Crippen molar-refractivity contribution in [3.05, 3.63) is 0 Å². The molecule has 1 amide bonds. The van der Waals surface area contributed by atoms with Crippen LogP contribution in [-0.2, 0) is 14.6 Å². The molecule has 0 aliphatic heterocycles. The Kier molecular flexibility index (Phi) is 4.72. The van der Waals surface area contributed by atoms with Crippen molar-refractivity contribution in [2.75, 3.05) is 18.6 Å². The van der Waals surface area contributed by atoms with Gasteiger partial charge in [-0.25, -0.2) is 8.42 Å². The van der Waals surface area contributed by atoms with Crippen molar-refractivity contribution in [2.24, 2.45) is 17.1 Å². The molecule has 0 atom stereocenters. The first-order valence-corrected chi connectivity index (χ1v) is 8.40. The van der Waals surface area contributed by atoms with Crippen molar-refractivity contribution < 1.29 is 13.2 Å². The first-order chi connectivity index (χ1) is 8.17. The van der Waals surface area contributed by atoms with Crippen LogP contribution in [0.4, 0.5) is 0 Å². The Morgan fingerprint density at radius 1 is 1.50 bits per heavy atom. The molecule has 0 aromatic rings. The van der Waals surface area contributed by atoms with Crippen molar-refractivity contribution in [1.29, 1.82) is 0 Å². The van der Waals surface area contributed by atoms with Gasteiger partial charge in [0.05, 0.1) is 16.2 Å². The number of carbonyl (C=O) groups excluding carboxylic acids is 1. The van der Waals surface area contributed by atoms with Crippen LogP contribution in [0.3, 0.4) is 0 Å². The third-order valence-electron chi connectivity index (χ3n) is 3.28. The minimum Gasteiger partial charge on any atom is -0.392 e. The van der Waals surface area contributed by atoms with Gasteiger partial charge in [0.1, 0.15) is 9.84 Å². The highest BCUT2D eigenvalue weighted by molar-refractivity contribution is 7.90. The van der Waals surface area contributed by atoms with Gasteiger partial charge in [-0.15, -0.1) is 0 Å². The Labute approximate surface area is 113 Å². The lowest BCUT2D eigenvalue weighted by Gasteiger charge is -2.44. The molecule has 0 saturated heterocycles. The number of carbonyl (C=O) groups is 1. The largest absolute Gasteiger partial charge is 0.392 e. The summed E-state index contributed by atoms with van der Waals surface area (Å²) in [5.74, 6) is 0.360. The zero-order valence-electron chi connectivity index (χ0n) is 10.7. The third-order valence-corrected chi connectivity index (χ3v) is 4.70. The van der Waals surface area contributed by atoms with E-state index in [9.17, 15) is 13.2 Å². The molecule has 0 bridgehead atoms. The molecule has 1 saturated carbocycles. The molecule has 1 fully saturated rings.